The molecule has 0 spiro atoms. The van der Waals surface area contributed by atoms with Gasteiger partial charge in [-0.1, -0.05) is 13.8 Å². The van der Waals surface area contributed by atoms with E-state index < -0.39 is 0 Å². The topological polar surface area (TPSA) is 0 Å². The van der Waals surface area contributed by atoms with E-state index in [1.165, 1.54) is 28.2 Å². The lowest BCUT2D eigenvalue weighted by atomic mass is 9.78. The highest BCUT2D eigenvalue weighted by atomic mass is 79.9. The van der Waals surface area contributed by atoms with Crippen molar-refractivity contribution in [3.05, 3.63) is 32.2 Å². The Morgan fingerprint density at radius 3 is 1.73 bits per heavy atom. The van der Waals surface area contributed by atoms with Crippen LogP contribution in [0.15, 0.2) is 21.1 Å². The molecule has 2 bridgehead atoms. The van der Waals surface area contributed by atoms with E-state index in [0.29, 0.717) is 10.8 Å². The second-order valence-electron chi connectivity index (χ2n) is 5.61. The summed E-state index contributed by atoms with van der Waals surface area (Å²) in [7, 11) is 0. The smallest absolute Gasteiger partial charge is 0.0320 e. The Bertz CT molecular complexity index is 411. The number of fused-ring (bicyclic) bond motifs is 5. The van der Waals surface area contributed by atoms with Gasteiger partial charge < -0.3 is 0 Å². The van der Waals surface area contributed by atoms with Crippen LogP contribution in [0.2, 0.25) is 0 Å². The van der Waals surface area contributed by atoms with E-state index in [1.54, 1.807) is 11.1 Å². The lowest BCUT2D eigenvalue weighted by Crippen LogP contribution is -2.17. The third kappa shape index (κ3) is 1.24. The molecule has 0 heterocycles. The van der Waals surface area contributed by atoms with Crippen molar-refractivity contribution in [3.8, 4) is 0 Å². The zero-order valence-electron chi connectivity index (χ0n) is 9.03. The van der Waals surface area contributed by atoms with Gasteiger partial charge in [-0.2, -0.15) is 0 Å². The Hall–Kier alpha value is 0.180. The maximum absolute atomic E-state index is 3.62. The predicted octanol–water partition coefficient (Wildman–Crippen LogP) is 4.92. The average molecular weight is 330 g/mol. The van der Waals surface area contributed by atoms with Crippen LogP contribution >= 0.6 is 31.9 Å². The standard InChI is InChI=1S/C13H14Br2/c1-12-3-4-13(2,7-12)9-6-11(15)10(14)5-8(9)12/h5-6H,3-4,7H2,1-2H3/t12-,13+. The van der Waals surface area contributed by atoms with E-state index in [0.717, 1.165) is 0 Å². The zero-order valence-corrected chi connectivity index (χ0v) is 12.2. The fourth-order valence-electron chi connectivity index (χ4n) is 3.60. The molecule has 0 nitrogen and oxygen atoms in total. The van der Waals surface area contributed by atoms with Crippen molar-refractivity contribution in [2.24, 2.45) is 0 Å². The van der Waals surface area contributed by atoms with Crippen molar-refractivity contribution in [2.75, 3.05) is 0 Å². The molecule has 0 aliphatic heterocycles. The first-order valence-corrected chi connectivity index (χ1v) is 7.03. The summed E-state index contributed by atoms with van der Waals surface area (Å²) in [6.07, 6.45) is 4.04. The number of benzene rings is 1. The Labute approximate surface area is 108 Å². The summed E-state index contributed by atoms with van der Waals surface area (Å²) in [5.41, 5.74) is 4.03. The van der Waals surface area contributed by atoms with Gasteiger partial charge in [0.1, 0.15) is 0 Å². The fourth-order valence-corrected chi connectivity index (χ4v) is 4.28. The van der Waals surface area contributed by atoms with Gasteiger partial charge in [-0.3, -0.25) is 0 Å². The highest BCUT2D eigenvalue weighted by molar-refractivity contribution is 9.13. The molecule has 2 aliphatic rings. The minimum absolute atomic E-state index is 0.438. The lowest BCUT2D eigenvalue weighted by Gasteiger charge is -2.27. The van der Waals surface area contributed by atoms with Crippen LogP contribution in [0.1, 0.15) is 44.2 Å². The van der Waals surface area contributed by atoms with E-state index in [-0.39, 0.29) is 0 Å². The first-order chi connectivity index (χ1) is 6.95. The van der Waals surface area contributed by atoms with Crippen LogP contribution in [-0.2, 0) is 10.8 Å². The minimum atomic E-state index is 0.438. The molecule has 0 aromatic heterocycles. The third-order valence-corrected chi connectivity index (χ3v) is 6.21. The van der Waals surface area contributed by atoms with Gasteiger partial charge in [-0.25, -0.2) is 0 Å². The first kappa shape index (κ1) is 10.3. The summed E-state index contributed by atoms with van der Waals surface area (Å²) >= 11 is 7.23. The largest absolute Gasteiger partial charge is 0.0555 e. The van der Waals surface area contributed by atoms with Crippen LogP contribution in [0.3, 0.4) is 0 Å². The maximum Gasteiger partial charge on any atom is 0.0320 e. The molecule has 0 amide bonds. The van der Waals surface area contributed by atoms with Gasteiger partial charge >= 0.3 is 0 Å². The van der Waals surface area contributed by atoms with E-state index in [2.05, 4.69) is 57.8 Å². The molecular weight excluding hydrogens is 316 g/mol. The molecule has 0 saturated heterocycles. The lowest BCUT2D eigenvalue weighted by molar-refractivity contribution is 0.484. The second kappa shape index (κ2) is 2.89. The Balaban J connectivity index is 2.30. The fraction of sp³-hybridized carbons (Fsp3) is 0.538. The van der Waals surface area contributed by atoms with E-state index >= 15 is 0 Å². The van der Waals surface area contributed by atoms with E-state index in [9.17, 15) is 0 Å². The Kier molecular flexibility index (Phi) is 1.99. The number of hydrogen-bond acceptors (Lipinski definition) is 0. The van der Waals surface area contributed by atoms with Crippen molar-refractivity contribution < 1.29 is 0 Å². The normalized spacial score (nSPS) is 37.1. The SMILES string of the molecule is C[C@]12CC[C@](C)(C1)c1cc(Br)c(Br)cc12. The molecule has 0 unspecified atom stereocenters. The summed E-state index contributed by atoms with van der Waals surface area (Å²) < 4.78 is 2.39. The van der Waals surface area contributed by atoms with Gasteiger partial charge in [0.05, 0.1) is 0 Å². The van der Waals surface area contributed by atoms with Crippen LogP contribution in [-0.4, -0.2) is 0 Å². The molecule has 1 aromatic rings. The van der Waals surface area contributed by atoms with Crippen LogP contribution < -0.4 is 0 Å². The highest BCUT2D eigenvalue weighted by Gasteiger charge is 2.52. The Morgan fingerprint density at radius 1 is 0.933 bits per heavy atom. The number of hydrogen-bond donors (Lipinski definition) is 0. The van der Waals surface area contributed by atoms with Crippen LogP contribution in [0.5, 0.6) is 0 Å². The average Bonchev–Trinajstić information content (AvgIpc) is 2.57. The van der Waals surface area contributed by atoms with Gasteiger partial charge in [-0.05, 0) is 85.2 Å². The number of rotatable bonds is 0. The molecule has 15 heavy (non-hydrogen) atoms. The monoisotopic (exact) mass is 328 g/mol. The quantitative estimate of drug-likeness (QED) is 0.633. The molecule has 80 valence electrons. The molecule has 1 aromatic carbocycles. The summed E-state index contributed by atoms with van der Waals surface area (Å²) in [6, 6.07) is 4.65. The van der Waals surface area contributed by atoms with Crippen LogP contribution in [0.4, 0.5) is 0 Å². The van der Waals surface area contributed by atoms with Crippen molar-refractivity contribution >= 4 is 31.9 Å². The van der Waals surface area contributed by atoms with Crippen molar-refractivity contribution in [1.82, 2.24) is 0 Å². The molecule has 2 aliphatic carbocycles. The van der Waals surface area contributed by atoms with Gasteiger partial charge in [-0.15, -0.1) is 0 Å². The predicted molar refractivity (Wildman–Crippen MR) is 70.4 cm³/mol. The first-order valence-electron chi connectivity index (χ1n) is 5.45. The third-order valence-electron chi connectivity index (χ3n) is 4.37. The maximum atomic E-state index is 3.62. The summed E-state index contributed by atoms with van der Waals surface area (Å²) in [5.74, 6) is 0. The highest BCUT2D eigenvalue weighted by Crippen LogP contribution is 2.61. The molecule has 2 heteroatoms. The van der Waals surface area contributed by atoms with Crippen molar-refractivity contribution in [2.45, 2.75) is 43.9 Å². The summed E-state index contributed by atoms with van der Waals surface area (Å²) in [5, 5.41) is 0. The molecule has 2 atom stereocenters. The van der Waals surface area contributed by atoms with E-state index in [1.807, 2.05) is 0 Å². The molecule has 3 rings (SSSR count). The molecule has 0 radical (unpaired) electrons. The molecule has 0 N–H and O–H groups in total. The van der Waals surface area contributed by atoms with Crippen molar-refractivity contribution in [1.29, 1.82) is 0 Å². The van der Waals surface area contributed by atoms with Crippen LogP contribution in [0, 0.1) is 0 Å². The summed E-state index contributed by atoms with van der Waals surface area (Å²) in [6.45, 7) is 4.84. The summed E-state index contributed by atoms with van der Waals surface area (Å²) in [4.78, 5) is 0. The molecular formula is C13H14Br2. The van der Waals surface area contributed by atoms with Crippen molar-refractivity contribution in [3.63, 3.8) is 0 Å². The van der Waals surface area contributed by atoms with Gasteiger partial charge in [0.15, 0.2) is 0 Å². The van der Waals surface area contributed by atoms with E-state index in [4.69, 9.17) is 0 Å². The van der Waals surface area contributed by atoms with Crippen LogP contribution in [0.25, 0.3) is 0 Å². The van der Waals surface area contributed by atoms with Gasteiger partial charge in [0.2, 0.25) is 0 Å². The minimum Gasteiger partial charge on any atom is -0.0555 e. The molecule has 1 saturated carbocycles. The van der Waals surface area contributed by atoms with Gasteiger partial charge in [0.25, 0.3) is 0 Å². The van der Waals surface area contributed by atoms with Gasteiger partial charge in [0, 0.05) is 8.95 Å². The zero-order chi connectivity index (χ0) is 10.8. The second-order valence-corrected chi connectivity index (χ2v) is 7.32. The Morgan fingerprint density at radius 2 is 1.33 bits per heavy atom. The number of halogens is 2. The molecule has 1 fully saturated rings.